The fraction of sp³-hybridized carbons (Fsp3) is 0.917. The van der Waals surface area contributed by atoms with E-state index in [1.807, 2.05) is 25.8 Å². The van der Waals surface area contributed by atoms with Gasteiger partial charge in [0.25, 0.3) is 0 Å². The molecule has 0 spiro atoms. The van der Waals surface area contributed by atoms with Crippen LogP contribution in [-0.2, 0) is 4.79 Å². The van der Waals surface area contributed by atoms with Crippen molar-refractivity contribution in [3.63, 3.8) is 0 Å². The van der Waals surface area contributed by atoms with Gasteiger partial charge in [-0.2, -0.15) is 0 Å². The molecule has 1 aliphatic heterocycles. The average molecular weight is 227 g/mol. The highest BCUT2D eigenvalue weighted by molar-refractivity contribution is 5.86. The lowest BCUT2D eigenvalue weighted by molar-refractivity contribution is -0.138. The number of nitrogens with one attached hydrogen (secondary N) is 1. The molecule has 4 heteroatoms. The van der Waals surface area contributed by atoms with Crippen molar-refractivity contribution in [2.75, 3.05) is 34.2 Å². The summed E-state index contributed by atoms with van der Waals surface area (Å²) in [7, 11) is 5.96. The third kappa shape index (κ3) is 2.95. The Balaban J connectivity index is 2.68. The van der Waals surface area contributed by atoms with Crippen LogP contribution in [0, 0.1) is 0 Å². The monoisotopic (exact) mass is 227 g/mol. The Morgan fingerprint density at radius 2 is 2.12 bits per heavy atom. The van der Waals surface area contributed by atoms with Crippen LogP contribution in [-0.4, -0.2) is 61.5 Å². The first-order valence-electron chi connectivity index (χ1n) is 6.03. The van der Waals surface area contributed by atoms with Crippen molar-refractivity contribution in [3.8, 4) is 0 Å². The molecule has 1 rings (SSSR count). The molecular formula is C12H25N3O. The van der Waals surface area contributed by atoms with Crippen molar-refractivity contribution in [2.24, 2.45) is 0 Å². The Kier molecular flexibility index (Phi) is 4.33. The number of likely N-dealkylation sites (N-methyl/N-ethyl adjacent to an activating group) is 2. The lowest BCUT2D eigenvalue weighted by Crippen LogP contribution is -2.55. The maximum absolute atomic E-state index is 12.3. The van der Waals surface area contributed by atoms with Gasteiger partial charge in [-0.1, -0.05) is 0 Å². The topological polar surface area (TPSA) is 35.6 Å². The summed E-state index contributed by atoms with van der Waals surface area (Å²) in [5, 5.41) is 3.09. The minimum Gasteiger partial charge on any atom is -0.337 e. The molecule has 1 aliphatic rings. The molecule has 1 saturated heterocycles. The third-order valence-electron chi connectivity index (χ3n) is 3.37. The summed E-state index contributed by atoms with van der Waals surface area (Å²) in [6.07, 6.45) is 2.26. The molecule has 0 bridgehead atoms. The van der Waals surface area contributed by atoms with Crippen molar-refractivity contribution in [3.05, 3.63) is 0 Å². The molecule has 0 saturated carbocycles. The summed E-state index contributed by atoms with van der Waals surface area (Å²) in [4.78, 5) is 16.5. The summed E-state index contributed by atoms with van der Waals surface area (Å²) in [6.45, 7) is 5.76. The van der Waals surface area contributed by atoms with E-state index in [1.165, 1.54) is 0 Å². The number of amides is 1. The van der Waals surface area contributed by atoms with Crippen LogP contribution < -0.4 is 5.32 Å². The molecule has 4 nitrogen and oxygen atoms in total. The Morgan fingerprint density at radius 3 is 2.62 bits per heavy atom. The number of carbonyl (C=O) groups excluding carboxylic acids is 1. The molecule has 1 unspecified atom stereocenters. The molecule has 1 heterocycles. The van der Waals surface area contributed by atoms with Crippen LogP contribution >= 0.6 is 0 Å². The van der Waals surface area contributed by atoms with Crippen LogP contribution in [0.1, 0.15) is 26.7 Å². The average Bonchev–Trinajstić information content (AvgIpc) is 2.63. The van der Waals surface area contributed by atoms with Crippen LogP contribution in [0.25, 0.3) is 0 Å². The largest absolute Gasteiger partial charge is 0.337 e. The van der Waals surface area contributed by atoms with E-state index < -0.39 is 5.54 Å². The van der Waals surface area contributed by atoms with Gasteiger partial charge in [0.1, 0.15) is 0 Å². The predicted molar refractivity (Wildman–Crippen MR) is 66.4 cm³/mol. The smallest absolute Gasteiger partial charge is 0.242 e. The van der Waals surface area contributed by atoms with Crippen molar-refractivity contribution in [2.45, 2.75) is 38.3 Å². The van der Waals surface area contributed by atoms with Crippen LogP contribution in [0.15, 0.2) is 0 Å². The summed E-state index contributed by atoms with van der Waals surface area (Å²) in [5.41, 5.74) is -0.450. The highest BCUT2D eigenvalue weighted by Crippen LogP contribution is 2.21. The van der Waals surface area contributed by atoms with E-state index in [4.69, 9.17) is 0 Å². The molecular weight excluding hydrogens is 202 g/mol. The first-order valence-corrected chi connectivity index (χ1v) is 6.03. The van der Waals surface area contributed by atoms with Crippen LogP contribution in [0.4, 0.5) is 0 Å². The minimum absolute atomic E-state index is 0.222. The molecule has 0 aliphatic carbocycles. The minimum atomic E-state index is -0.450. The van der Waals surface area contributed by atoms with Crippen LogP contribution in [0.2, 0.25) is 0 Å². The van der Waals surface area contributed by atoms with Crippen molar-refractivity contribution in [1.29, 1.82) is 0 Å². The van der Waals surface area contributed by atoms with E-state index in [2.05, 4.69) is 24.3 Å². The molecule has 0 radical (unpaired) electrons. The zero-order chi connectivity index (χ0) is 12.3. The lowest BCUT2D eigenvalue weighted by atomic mass is 10.0. The Bertz CT molecular complexity index is 251. The summed E-state index contributed by atoms with van der Waals surface area (Å²) >= 11 is 0. The zero-order valence-corrected chi connectivity index (χ0v) is 11.2. The zero-order valence-electron chi connectivity index (χ0n) is 11.2. The Labute approximate surface area is 99.0 Å². The van der Waals surface area contributed by atoms with E-state index >= 15 is 0 Å². The summed E-state index contributed by atoms with van der Waals surface area (Å²) in [6, 6.07) is 0.384. The van der Waals surface area contributed by atoms with Gasteiger partial charge in [-0.25, -0.2) is 0 Å². The quantitative estimate of drug-likeness (QED) is 0.761. The number of rotatable bonds is 4. The summed E-state index contributed by atoms with van der Waals surface area (Å²) < 4.78 is 0. The molecule has 1 N–H and O–H groups in total. The summed E-state index contributed by atoms with van der Waals surface area (Å²) in [5.74, 6) is 0.222. The van der Waals surface area contributed by atoms with E-state index in [9.17, 15) is 4.79 Å². The maximum atomic E-state index is 12.3. The van der Waals surface area contributed by atoms with Gasteiger partial charge in [-0.3, -0.25) is 4.79 Å². The van der Waals surface area contributed by atoms with Crippen molar-refractivity contribution >= 4 is 5.91 Å². The van der Waals surface area contributed by atoms with E-state index in [0.29, 0.717) is 6.04 Å². The molecule has 1 atom stereocenters. The van der Waals surface area contributed by atoms with Gasteiger partial charge < -0.3 is 15.1 Å². The first kappa shape index (κ1) is 13.5. The van der Waals surface area contributed by atoms with Gasteiger partial charge in [0.15, 0.2) is 0 Å². The second kappa shape index (κ2) is 5.15. The number of likely N-dealkylation sites (tertiary alicyclic amines) is 1. The highest BCUT2D eigenvalue weighted by atomic mass is 16.2. The SMILES string of the molecule is CNC(C)(C)C(=O)N1CCCC1CN(C)C. The molecule has 0 aromatic heterocycles. The van der Waals surface area contributed by atoms with E-state index in [-0.39, 0.29) is 5.91 Å². The van der Waals surface area contributed by atoms with Gasteiger partial charge >= 0.3 is 0 Å². The lowest BCUT2D eigenvalue weighted by Gasteiger charge is -2.34. The van der Waals surface area contributed by atoms with E-state index in [0.717, 1.165) is 25.9 Å². The highest BCUT2D eigenvalue weighted by Gasteiger charge is 2.36. The molecule has 1 amide bonds. The standard InChI is InChI=1S/C12H25N3O/c1-12(2,13-3)11(16)15-8-6-7-10(15)9-14(4)5/h10,13H,6-9H2,1-5H3. The van der Waals surface area contributed by atoms with Gasteiger partial charge in [-0.05, 0) is 47.8 Å². The molecule has 94 valence electrons. The fourth-order valence-corrected chi connectivity index (χ4v) is 2.18. The Hall–Kier alpha value is -0.610. The van der Waals surface area contributed by atoms with Gasteiger partial charge in [0, 0.05) is 19.1 Å². The first-order chi connectivity index (χ1) is 7.38. The maximum Gasteiger partial charge on any atom is 0.242 e. The number of carbonyl (C=O) groups is 1. The van der Waals surface area contributed by atoms with Gasteiger partial charge in [0.2, 0.25) is 5.91 Å². The van der Waals surface area contributed by atoms with Gasteiger partial charge in [0.05, 0.1) is 5.54 Å². The van der Waals surface area contributed by atoms with Crippen LogP contribution in [0.3, 0.4) is 0 Å². The number of hydrogen-bond acceptors (Lipinski definition) is 3. The van der Waals surface area contributed by atoms with Crippen molar-refractivity contribution < 1.29 is 4.79 Å². The van der Waals surface area contributed by atoms with Gasteiger partial charge in [-0.15, -0.1) is 0 Å². The van der Waals surface area contributed by atoms with Crippen LogP contribution in [0.5, 0.6) is 0 Å². The number of hydrogen-bond donors (Lipinski definition) is 1. The predicted octanol–water partition coefficient (Wildman–Crippen LogP) is 0.537. The molecule has 0 aromatic carbocycles. The fourth-order valence-electron chi connectivity index (χ4n) is 2.18. The normalized spacial score (nSPS) is 21.9. The van der Waals surface area contributed by atoms with E-state index in [1.54, 1.807) is 0 Å². The molecule has 1 fully saturated rings. The second-order valence-electron chi connectivity index (χ2n) is 5.43. The second-order valence-corrected chi connectivity index (χ2v) is 5.43. The Morgan fingerprint density at radius 1 is 1.50 bits per heavy atom. The molecule has 0 aromatic rings. The number of nitrogens with zero attached hydrogens (tertiary/aromatic N) is 2. The molecule has 16 heavy (non-hydrogen) atoms. The van der Waals surface area contributed by atoms with Crippen molar-refractivity contribution in [1.82, 2.24) is 15.1 Å². The third-order valence-corrected chi connectivity index (χ3v) is 3.37.